The summed E-state index contributed by atoms with van der Waals surface area (Å²) in [6, 6.07) is 8.92. The zero-order valence-electron chi connectivity index (χ0n) is 15.9. The minimum atomic E-state index is -0.227. The lowest BCUT2D eigenvalue weighted by molar-refractivity contribution is -0.117. The van der Waals surface area contributed by atoms with Crippen LogP contribution in [0, 0.1) is 6.92 Å². The van der Waals surface area contributed by atoms with Crippen molar-refractivity contribution in [2.45, 2.75) is 6.92 Å². The summed E-state index contributed by atoms with van der Waals surface area (Å²) in [5, 5.41) is 7.59. The number of rotatable bonds is 4. The fourth-order valence-corrected chi connectivity index (χ4v) is 3.39. The molecule has 9 nitrogen and oxygen atoms in total. The second-order valence-corrected chi connectivity index (χ2v) is 7.24. The van der Waals surface area contributed by atoms with E-state index in [1.807, 2.05) is 30.0 Å². The van der Waals surface area contributed by atoms with Gasteiger partial charge < -0.3 is 10.2 Å². The Hall–Kier alpha value is -3.04. The second-order valence-electron chi connectivity index (χ2n) is 6.83. The number of halogens is 1. The Kier molecular flexibility index (Phi) is 5.41. The van der Waals surface area contributed by atoms with Crippen LogP contribution in [0.3, 0.4) is 0 Å². The third-order valence-corrected chi connectivity index (χ3v) is 5.13. The summed E-state index contributed by atoms with van der Waals surface area (Å²) in [5.41, 5.74) is 1.45. The number of amides is 2. The maximum Gasteiger partial charge on any atom is 0.293 e. The molecule has 4 rings (SSSR count). The number of aryl methyl sites for hydroxylation is 1. The van der Waals surface area contributed by atoms with Crippen LogP contribution in [-0.2, 0) is 4.79 Å². The van der Waals surface area contributed by atoms with Gasteiger partial charge in [0.25, 0.3) is 11.7 Å². The van der Waals surface area contributed by atoms with E-state index in [0.29, 0.717) is 42.7 Å². The van der Waals surface area contributed by atoms with Gasteiger partial charge in [0.05, 0.1) is 17.3 Å². The molecule has 1 saturated heterocycles. The maximum absolute atomic E-state index is 12.7. The van der Waals surface area contributed by atoms with E-state index in [2.05, 4.69) is 20.4 Å². The highest BCUT2D eigenvalue weighted by molar-refractivity contribution is 6.33. The number of benzene rings is 1. The molecule has 0 aliphatic carbocycles. The molecule has 1 aromatic carbocycles. The van der Waals surface area contributed by atoms with Crippen molar-refractivity contribution in [3.63, 3.8) is 0 Å². The summed E-state index contributed by atoms with van der Waals surface area (Å²) in [5.74, 6) is 0.177. The van der Waals surface area contributed by atoms with Gasteiger partial charge in [0, 0.05) is 38.1 Å². The first-order valence-corrected chi connectivity index (χ1v) is 9.63. The highest BCUT2D eigenvalue weighted by Gasteiger charge is 2.26. The van der Waals surface area contributed by atoms with Crippen LogP contribution in [0.25, 0.3) is 5.78 Å². The highest BCUT2D eigenvalue weighted by Crippen LogP contribution is 2.20. The molecule has 150 valence electrons. The van der Waals surface area contributed by atoms with E-state index >= 15 is 0 Å². The molecule has 0 spiro atoms. The van der Waals surface area contributed by atoms with Crippen molar-refractivity contribution in [3.05, 3.63) is 53.1 Å². The van der Waals surface area contributed by atoms with Crippen molar-refractivity contribution in [1.82, 2.24) is 29.4 Å². The molecule has 0 saturated carbocycles. The molecule has 10 heteroatoms. The molecule has 0 bridgehead atoms. The van der Waals surface area contributed by atoms with Crippen LogP contribution >= 0.6 is 11.6 Å². The van der Waals surface area contributed by atoms with Crippen LogP contribution in [0.5, 0.6) is 0 Å². The number of anilines is 1. The lowest BCUT2D eigenvalue weighted by Gasteiger charge is -2.33. The monoisotopic (exact) mass is 413 g/mol. The minimum absolute atomic E-state index is 0.136. The Morgan fingerprint density at radius 3 is 2.62 bits per heavy atom. The molecule has 1 aliphatic rings. The summed E-state index contributed by atoms with van der Waals surface area (Å²) in [4.78, 5) is 37.1. The molecule has 1 aliphatic heterocycles. The average molecular weight is 414 g/mol. The highest BCUT2D eigenvalue weighted by atomic mass is 35.5. The first kappa shape index (κ1) is 19.3. The van der Waals surface area contributed by atoms with Gasteiger partial charge in [0.2, 0.25) is 11.7 Å². The number of piperazine rings is 1. The number of aromatic nitrogens is 4. The second kappa shape index (κ2) is 8.14. The maximum atomic E-state index is 12.7. The summed E-state index contributed by atoms with van der Waals surface area (Å²) in [6.45, 7) is 4.30. The predicted octanol–water partition coefficient (Wildman–Crippen LogP) is 1.48. The largest absolute Gasteiger partial charge is 0.333 e. The third kappa shape index (κ3) is 4.20. The van der Waals surface area contributed by atoms with Crippen molar-refractivity contribution in [1.29, 1.82) is 0 Å². The van der Waals surface area contributed by atoms with E-state index in [1.54, 1.807) is 27.7 Å². The van der Waals surface area contributed by atoms with Gasteiger partial charge >= 0.3 is 0 Å². The van der Waals surface area contributed by atoms with E-state index < -0.39 is 0 Å². The average Bonchev–Trinajstić information content (AvgIpc) is 3.15. The number of nitrogens with zero attached hydrogens (tertiary/aromatic N) is 6. The van der Waals surface area contributed by atoms with Gasteiger partial charge in [-0.25, -0.2) is 9.50 Å². The normalized spacial score (nSPS) is 14.9. The molecule has 2 amide bonds. The summed E-state index contributed by atoms with van der Waals surface area (Å²) in [7, 11) is 0. The molecular weight excluding hydrogens is 394 g/mol. The van der Waals surface area contributed by atoms with Crippen molar-refractivity contribution in [2.24, 2.45) is 0 Å². The zero-order chi connectivity index (χ0) is 20.4. The van der Waals surface area contributed by atoms with Crippen LogP contribution in [-0.4, -0.2) is 73.9 Å². The smallest absolute Gasteiger partial charge is 0.293 e. The Labute approximate surface area is 172 Å². The molecule has 3 aromatic rings. The molecule has 0 radical (unpaired) electrons. The molecule has 2 aromatic heterocycles. The van der Waals surface area contributed by atoms with Gasteiger partial charge in [-0.2, -0.15) is 4.98 Å². The number of nitrogens with one attached hydrogen (secondary N) is 1. The van der Waals surface area contributed by atoms with Gasteiger partial charge in [-0.05, 0) is 25.1 Å². The summed E-state index contributed by atoms with van der Waals surface area (Å²) >= 11 is 6.07. The van der Waals surface area contributed by atoms with Crippen LogP contribution in [0.4, 0.5) is 5.69 Å². The van der Waals surface area contributed by atoms with Crippen molar-refractivity contribution >= 4 is 34.9 Å². The third-order valence-electron chi connectivity index (χ3n) is 4.80. The van der Waals surface area contributed by atoms with Crippen LogP contribution in [0.1, 0.15) is 16.3 Å². The summed E-state index contributed by atoms with van der Waals surface area (Å²) < 4.78 is 1.56. The Morgan fingerprint density at radius 1 is 1.14 bits per heavy atom. The standard InChI is InChI=1S/C19H20ClN7O2/c1-13-6-7-21-19-23-17(24-27(13)19)18(29)26-10-8-25(9-11-26)12-16(28)22-15-5-3-2-4-14(15)20/h2-7H,8-12H2,1H3,(H,22,28). The van der Waals surface area contributed by atoms with Crippen molar-refractivity contribution in [2.75, 3.05) is 38.0 Å². The lowest BCUT2D eigenvalue weighted by Crippen LogP contribution is -2.50. The first-order valence-electron chi connectivity index (χ1n) is 9.25. The lowest BCUT2D eigenvalue weighted by atomic mass is 10.3. The SMILES string of the molecule is Cc1ccnc2nc(C(=O)N3CCN(CC(=O)Nc4ccccc4Cl)CC3)nn12. The molecule has 29 heavy (non-hydrogen) atoms. The van der Waals surface area contributed by atoms with Gasteiger partial charge in [-0.15, -0.1) is 5.10 Å². The quantitative estimate of drug-likeness (QED) is 0.696. The van der Waals surface area contributed by atoms with E-state index in [0.717, 1.165) is 5.69 Å². The van der Waals surface area contributed by atoms with Crippen molar-refractivity contribution < 1.29 is 9.59 Å². The number of para-hydroxylation sites is 1. The first-order chi connectivity index (χ1) is 14.0. The molecular formula is C19H20ClN7O2. The van der Waals surface area contributed by atoms with Gasteiger partial charge in [0.1, 0.15) is 0 Å². The van der Waals surface area contributed by atoms with Crippen LogP contribution in [0.15, 0.2) is 36.5 Å². The number of carbonyl (C=O) groups excluding carboxylic acids is 2. The Bertz CT molecular complexity index is 1060. The zero-order valence-corrected chi connectivity index (χ0v) is 16.6. The number of carbonyl (C=O) groups is 2. The van der Waals surface area contributed by atoms with E-state index in [4.69, 9.17) is 11.6 Å². The van der Waals surface area contributed by atoms with E-state index in [9.17, 15) is 9.59 Å². The van der Waals surface area contributed by atoms with E-state index in [-0.39, 0.29) is 24.2 Å². The van der Waals surface area contributed by atoms with Crippen LogP contribution < -0.4 is 5.32 Å². The predicted molar refractivity (Wildman–Crippen MR) is 108 cm³/mol. The fraction of sp³-hybridized carbons (Fsp3) is 0.316. The fourth-order valence-electron chi connectivity index (χ4n) is 3.20. The van der Waals surface area contributed by atoms with Gasteiger partial charge in [-0.1, -0.05) is 23.7 Å². The summed E-state index contributed by atoms with van der Waals surface area (Å²) in [6.07, 6.45) is 1.64. The number of hydrogen-bond donors (Lipinski definition) is 1. The Morgan fingerprint density at radius 2 is 1.90 bits per heavy atom. The van der Waals surface area contributed by atoms with Gasteiger partial charge in [0.15, 0.2) is 0 Å². The van der Waals surface area contributed by atoms with Gasteiger partial charge in [-0.3, -0.25) is 14.5 Å². The van der Waals surface area contributed by atoms with Crippen molar-refractivity contribution in [3.8, 4) is 0 Å². The minimum Gasteiger partial charge on any atom is -0.333 e. The Balaban J connectivity index is 1.32. The number of fused-ring (bicyclic) bond motifs is 1. The van der Waals surface area contributed by atoms with E-state index in [1.165, 1.54) is 0 Å². The topological polar surface area (TPSA) is 95.7 Å². The molecule has 0 unspecified atom stereocenters. The molecule has 1 fully saturated rings. The van der Waals surface area contributed by atoms with Crippen LogP contribution in [0.2, 0.25) is 5.02 Å². The molecule has 3 heterocycles. The molecule has 1 N–H and O–H groups in total. The number of hydrogen-bond acceptors (Lipinski definition) is 6. The molecule has 0 atom stereocenters.